The number of rotatable bonds is 4. The summed E-state index contributed by atoms with van der Waals surface area (Å²) in [5.41, 5.74) is 0. The van der Waals surface area contributed by atoms with Crippen molar-refractivity contribution in [3.8, 4) is 0 Å². The first kappa shape index (κ1) is 13.0. The van der Waals surface area contributed by atoms with Crippen molar-refractivity contribution < 1.29 is 22.6 Å². The molecule has 1 saturated heterocycles. The first-order valence-corrected chi connectivity index (χ1v) is 5.15. The van der Waals surface area contributed by atoms with Crippen LogP contribution in [0.5, 0.6) is 0 Å². The number of hydrogen-bond donors (Lipinski definition) is 0. The van der Waals surface area contributed by atoms with Gasteiger partial charge in [0.15, 0.2) is 0 Å². The number of hydrogen-bond acceptors (Lipinski definition) is 3. The molecule has 1 heterocycles. The van der Waals surface area contributed by atoms with E-state index < -0.39 is 6.36 Å². The van der Waals surface area contributed by atoms with Gasteiger partial charge in [-0.1, -0.05) is 0 Å². The molecule has 3 nitrogen and oxygen atoms in total. The molecule has 90 valence electrons. The molecule has 1 aliphatic heterocycles. The Hall–Kier alpha value is -0.0400. The molecule has 7 heteroatoms. The van der Waals surface area contributed by atoms with Gasteiger partial charge in [0.1, 0.15) is 0 Å². The molecule has 0 amide bonds. The molecule has 1 aliphatic rings. The maximum Gasteiger partial charge on any atom is 0.522 e. The Balaban J connectivity index is 2.15. The van der Waals surface area contributed by atoms with Gasteiger partial charge in [-0.15, -0.1) is 24.8 Å². The maximum atomic E-state index is 11.7. The number of halogens is 4. The molecular formula is C8H13ClF3NO2. The molecular weight excluding hydrogens is 235 g/mol. The fraction of sp³-hybridized carbons (Fsp3) is 1.00. The van der Waals surface area contributed by atoms with E-state index in [9.17, 15) is 13.2 Å². The van der Waals surface area contributed by atoms with E-state index in [1.165, 1.54) is 0 Å². The molecule has 1 fully saturated rings. The van der Waals surface area contributed by atoms with Crippen LogP contribution in [0.2, 0.25) is 0 Å². The van der Waals surface area contributed by atoms with Gasteiger partial charge < -0.3 is 4.74 Å². The predicted molar refractivity (Wildman–Crippen MR) is 48.9 cm³/mol. The number of nitrogens with zero attached hydrogens (tertiary/aromatic N) is 1. The van der Waals surface area contributed by atoms with Gasteiger partial charge in [0.05, 0.1) is 19.3 Å². The monoisotopic (exact) mass is 247 g/mol. The van der Waals surface area contributed by atoms with E-state index in [0.29, 0.717) is 25.6 Å². The molecule has 0 aromatic rings. The molecule has 1 unspecified atom stereocenters. The van der Waals surface area contributed by atoms with Crippen LogP contribution < -0.4 is 0 Å². The third-order valence-electron chi connectivity index (χ3n) is 2.07. The third kappa shape index (κ3) is 5.55. The van der Waals surface area contributed by atoms with Crippen molar-refractivity contribution in [1.82, 2.24) is 4.90 Å². The Bertz CT molecular complexity index is 191. The van der Waals surface area contributed by atoms with Crippen LogP contribution >= 0.6 is 11.6 Å². The second-order valence-electron chi connectivity index (χ2n) is 3.24. The van der Waals surface area contributed by atoms with Gasteiger partial charge in [-0.25, -0.2) is 0 Å². The standard InChI is InChI=1S/C8H13ClF3NO2/c9-5-7-6-13(1-3-14-7)2-4-15-8(10,11)12/h7H,1-6H2. The van der Waals surface area contributed by atoms with Crippen LogP contribution in [-0.2, 0) is 9.47 Å². The van der Waals surface area contributed by atoms with Crippen molar-refractivity contribution in [1.29, 1.82) is 0 Å². The highest BCUT2D eigenvalue weighted by molar-refractivity contribution is 6.18. The predicted octanol–water partition coefficient (Wildman–Crippen LogP) is 1.46. The van der Waals surface area contributed by atoms with Crippen LogP contribution in [0.4, 0.5) is 13.2 Å². The van der Waals surface area contributed by atoms with E-state index >= 15 is 0 Å². The molecule has 1 rings (SSSR count). The van der Waals surface area contributed by atoms with E-state index in [0.717, 1.165) is 0 Å². The van der Waals surface area contributed by atoms with E-state index in [-0.39, 0.29) is 19.3 Å². The van der Waals surface area contributed by atoms with Crippen molar-refractivity contribution in [2.24, 2.45) is 0 Å². The molecule has 0 aromatic carbocycles. The van der Waals surface area contributed by atoms with Crippen LogP contribution in [0, 0.1) is 0 Å². The topological polar surface area (TPSA) is 21.7 Å². The Morgan fingerprint density at radius 1 is 1.47 bits per heavy atom. The minimum absolute atomic E-state index is 0.0914. The summed E-state index contributed by atoms with van der Waals surface area (Å²) in [4.78, 5) is 1.85. The first-order valence-electron chi connectivity index (χ1n) is 4.62. The first-order chi connectivity index (χ1) is 7.01. The van der Waals surface area contributed by atoms with Gasteiger partial charge in [0, 0.05) is 25.5 Å². The van der Waals surface area contributed by atoms with Crippen molar-refractivity contribution in [3.05, 3.63) is 0 Å². The minimum atomic E-state index is -4.54. The van der Waals surface area contributed by atoms with E-state index in [4.69, 9.17) is 16.3 Å². The Morgan fingerprint density at radius 2 is 2.20 bits per heavy atom. The summed E-state index contributed by atoms with van der Waals surface area (Å²) in [6.07, 6.45) is -4.63. The molecule has 0 aromatic heterocycles. The fourth-order valence-electron chi connectivity index (χ4n) is 1.37. The second-order valence-corrected chi connectivity index (χ2v) is 3.55. The number of ether oxygens (including phenoxy) is 2. The van der Waals surface area contributed by atoms with Crippen molar-refractivity contribution >= 4 is 11.6 Å². The van der Waals surface area contributed by atoms with Crippen LogP contribution in [0.1, 0.15) is 0 Å². The summed E-state index contributed by atoms with van der Waals surface area (Å²) >= 11 is 5.59. The van der Waals surface area contributed by atoms with Crippen LogP contribution in [0.25, 0.3) is 0 Å². The number of morpholine rings is 1. The van der Waals surface area contributed by atoms with Gasteiger partial charge >= 0.3 is 6.36 Å². The lowest BCUT2D eigenvalue weighted by Crippen LogP contribution is -2.44. The molecule has 15 heavy (non-hydrogen) atoms. The average molecular weight is 248 g/mol. The molecule has 0 radical (unpaired) electrons. The third-order valence-corrected chi connectivity index (χ3v) is 2.41. The molecule has 0 bridgehead atoms. The molecule has 0 N–H and O–H groups in total. The highest BCUT2D eigenvalue weighted by atomic mass is 35.5. The van der Waals surface area contributed by atoms with E-state index in [1.807, 2.05) is 4.90 Å². The summed E-state index contributed by atoms with van der Waals surface area (Å²) < 4.78 is 44.0. The molecule has 0 saturated carbocycles. The Morgan fingerprint density at radius 3 is 2.80 bits per heavy atom. The van der Waals surface area contributed by atoms with Crippen LogP contribution in [0.15, 0.2) is 0 Å². The van der Waals surface area contributed by atoms with Crippen molar-refractivity contribution in [3.63, 3.8) is 0 Å². The van der Waals surface area contributed by atoms with Gasteiger partial charge in [-0.3, -0.25) is 9.64 Å². The zero-order valence-corrected chi connectivity index (χ0v) is 8.85. The highest BCUT2D eigenvalue weighted by Crippen LogP contribution is 2.16. The van der Waals surface area contributed by atoms with Gasteiger partial charge in [-0.05, 0) is 0 Å². The zero-order valence-electron chi connectivity index (χ0n) is 8.10. The minimum Gasteiger partial charge on any atom is -0.374 e. The maximum absolute atomic E-state index is 11.7. The molecule has 1 atom stereocenters. The van der Waals surface area contributed by atoms with Gasteiger partial charge in [0.2, 0.25) is 0 Å². The van der Waals surface area contributed by atoms with Crippen LogP contribution in [0.3, 0.4) is 0 Å². The average Bonchev–Trinajstić information content (AvgIpc) is 2.16. The fourth-order valence-corrected chi connectivity index (χ4v) is 1.55. The van der Waals surface area contributed by atoms with E-state index in [2.05, 4.69) is 4.74 Å². The van der Waals surface area contributed by atoms with Gasteiger partial charge in [0.25, 0.3) is 0 Å². The summed E-state index contributed by atoms with van der Waals surface area (Å²) in [6.45, 7) is 1.58. The number of alkyl halides is 4. The molecule has 0 aliphatic carbocycles. The summed E-state index contributed by atoms with van der Waals surface area (Å²) in [6, 6.07) is 0. The lowest BCUT2D eigenvalue weighted by atomic mass is 10.3. The Kier molecular flexibility index (Phi) is 5.11. The Labute approximate surface area is 91.1 Å². The van der Waals surface area contributed by atoms with E-state index in [1.54, 1.807) is 0 Å². The lowest BCUT2D eigenvalue weighted by Gasteiger charge is -2.31. The normalized spacial score (nSPS) is 24.4. The summed E-state index contributed by atoms with van der Waals surface area (Å²) in [5, 5.41) is 0. The van der Waals surface area contributed by atoms with Crippen molar-refractivity contribution in [2.75, 3.05) is 38.7 Å². The quantitative estimate of drug-likeness (QED) is 0.702. The summed E-state index contributed by atoms with van der Waals surface area (Å²) in [7, 11) is 0. The zero-order chi connectivity index (χ0) is 11.3. The largest absolute Gasteiger partial charge is 0.522 e. The summed E-state index contributed by atoms with van der Waals surface area (Å²) in [5.74, 6) is 0.358. The molecule has 0 spiro atoms. The highest BCUT2D eigenvalue weighted by Gasteiger charge is 2.29. The second kappa shape index (κ2) is 5.89. The van der Waals surface area contributed by atoms with Crippen LogP contribution in [-0.4, -0.2) is 56.1 Å². The SMILES string of the molecule is FC(F)(F)OCCN1CCOC(CCl)C1. The van der Waals surface area contributed by atoms with Gasteiger partial charge in [-0.2, -0.15) is 0 Å². The van der Waals surface area contributed by atoms with Crippen molar-refractivity contribution in [2.45, 2.75) is 12.5 Å². The smallest absolute Gasteiger partial charge is 0.374 e. The lowest BCUT2D eigenvalue weighted by molar-refractivity contribution is -0.325.